The third-order valence-corrected chi connectivity index (χ3v) is 2.58. The average Bonchev–Trinajstić information content (AvgIpc) is 2.57. The van der Waals surface area contributed by atoms with Crippen LogP contribution in [0.25, 0.3) is 5.65 Å². The van der Waals surface area contributed by atoms with Gasteiger partial charge in [0.05, 0.1) is 0 Å². The van der Waals surface area contributed by atoms with E-state index in [0.717, 1.165) is 4.52 Å². The molecule has 16 heavy (non-hydrogen) atoms. The summed E-state index contributed by atoms with van der Waals surface area (Å²) in [5.41, 5.74) is -0.737. The van der Waals surface area contributed by atoms with Crippen LogP contribution in [0.4, 0.5) is 19.1 Å². The highest BCUT2D eigenvalue weighted by Gasteiger charge is 2.37. The predicted molar refractivity (Wildman–Crippen MR) is 55.2 cm³/mol. The van der Waals surface area contributed by atoms with Crippen LogP contribution in [-0.2, 0) is 6.18 Å². The largest absolute Gasteiger partial charge is 0.434 e. The van der Waals surface area contributed by atoms with Gasteiger partial charge in [-0.3, -0.25) is 0 Å². The third kappa shape index (κ3) is 1.73. The maximum Gasteiger partial charge on any atom is 0.434 e. The summed E-state index contributed by atoms with van der Waals surface area (Å²) in [6.45, 7) is 0. The van der Waals surface area contributed by atoms with E-state index in [1.54, 1.807) is 0 Å². The predicted octanol–water partition coefficient (Wildman–Crippen LogP) is 2.55. The molecule has 0 aliphatic heterocycles. The molecule has 8 heteroatoms. The standard InChI is InChI=1S/C8H6BrF3N4/c1-13-7-14-5-3-2-4(9)6(8(10,11)12)16(5)15-7/h2-3H,1H3,(H,13,15). The lowest BCUT2D eigenvalue weighted by molar-refractivity contribution is -0.143. The van der Waals surface area contributed by atoms with Crippen LogP contribution in [0.3, 0.4) is 0 Å². The molecule has 4 nitrogen and oxygen atoms in total. The van der Waals surface area contributed by atoms with Crippen LogP contribution >= 0.6 is 15.9 Å². The third-order valence-electron chi connectivity index (χ3n) is 1.94. The number of hydrogen-bond donors (Lipinski definition) is 1. The number of nitrogens with zero attached hydrogens (tertiary/aromatic N) is 3. The first kappa shape index (κ1) is 11.2. The molecule has 0 amide bonds. The molecule has 2 aromatic heterocycles. The normalized spacial score (nSPS) is 12.1. The maximum atomic E-state index is 12.8. The molecule has 0 aliphatic rings. The number of rotatable bonds is 1. The number of aromatic nitrogens is 3. The zero-order chi connectivity index (χ0) is 11.9. The Balaban J connectivity index is 2.78. The van der Waals surface area contributed by atoms with Gasteiger partial charge in [0, 0.05) is 11.5 Å². The summed E-state index contributed by atoms with van der Waals surface area (Å²) in [6, 6.07) is 2.75. The van der Waals surface area contributed by atoms with Crippen molar-refractivity contribution in [3.63, 3.8) is 0 Å². The van der Waals surface area contributed by atoms with E-state index in [-0.39, 0.29) is 16.1 Å². The molecule has 2 aromatic rings. The molecule has 1 N–H and O–H groups in total. The van der Waals surface area contributed by atoms with E-state index in [1.165, 1.54) is 19.2 Å². The van der Waals surface area contributed by atoms with E-state index in [9.17, 15) is 13.2 Å². The van der Waals surface area contributed by atoms with Crippen molar-refractivity contribution < 1.29 is 13.2 Å². The van der Waals surface area contributed by atoms with Crippen LogP contribution in [0.15, 0.2) is 16.6 Å². The molecule has 86 valence electrons. The van der Waals surface area contributed by atoms with Crippen LogP contribution in [0.5, 0.6) is 0 Å². The van der Waals surface area contributed by atoms with Crippen molar-refractivity contribution in [2.45, 2.75) is 6.18 Å². The van der Waals surface area contributed by atoms with E-state index in [1.807, 2.05) is 0 Å². The van der Waals surface area contributed by atoms with Crippen molar-refractivity contribution in [1.82, 2.24) is 14.6 Å². The fourth-order valence-electron chi connectivity index (χ4n) is 1.29. The van der Waals surface area contributed by atoms with Gasteiger partial charge in [-0.25, -0.2) is 4.52 Å². The van der Waals surface area contributed by atoms with E-state index in [4.69, 9.17) is 0 Å². The zero-order valence-electron chi connectivity index (χ0n) is 8.01. The minimum absolute atomic E-state index is 0.0694. The fraction of sp³-hybridized carbons (Fsp3) is 0.250. The smallest absolute Gasteiger partial charge is 0.356 e. The second kappa shape index (κ2) is 3.62. The van der Waals surface area contributed by atoms with Crippen LogP contribution < -0.4 is 5.32 Å². The molecular weight excluding hydrogens is 289 g/mol. The van der Waals surface area contributed by atoms with Crippen molar-refractivity contribution in [2.75, 3.05) is 12.4 Å². The van der Waals surface area contributed by atoms with Gasteiger partial charge in [0.25, 0.3) is 0 Å². The van der Waals surface area contributed by atoms with Crippen LogP contribution in [-0.4, -0.2) is 21.6 Å². The molecule has 0 unspecified atom stereocenters. The highest BCUT2D eigenvalue weighted by Crippen LogP contribution is 2.34. The summed E-state index contributed by atoms with van der Waals surface area (Å²) in [4.78, 5) is 3.87. The summed E-state index contributed by atoms with van der Waals surface area (Å²) in [6.07, 6.45) is -4.49. The molecular formula is C8H6BrF3N4. The van der Waals surface area contributed by atoms with Gasteiger partial charge in [-0.1, -0.05) is 0 Å². The number of hydrogen-bond acceptors (Lipinski definition) is 3. The Labute approximate surface area is 96.6 Å². The zero-order valence-corrected chi connectivity index (χ0v) is 9.59. The first-order chi connectivity index (χ1) is 7.43. The summed E-state index contributed by atoms with van der Waals surface area (Å²) >= 11 is 2.86. The summed E-state index contributed by atoms with van der Waals surface area (Å²) in [5, 5.41) is 6.29. The van der Waals surface area contributed by atoms with Crippen LogP contribution in [0.2, 0.25) is 0 Å². The van der Waals surface area contributed by atoms with Crippen molar-refractivity contribution in [3.05, 3.63) is 22.3 Å². The van der Waals surface area contributed by atoms with Crippen molar-refractivity contribution >= 4 is 27.5 Å². The van der Waals surface area contributed by atoms with E-state index >= 15 is 0 Å². The lowest BCUT2D eigenvalue weighted by Gasteiger charge is -2.09. The molecule has 0 bridgehead atoms. The Morgan fingerprint density at radius 1 is 1.38 bits per heavy atom. The average molecular weight is 295 g/mol. The Morgan fingerprint density at radius 3 is 2.62 bits per heavy atom. The van der Waals surface area contributed by atoms with Crippen LogP contribution in [0.1, 0.15) is 5.69 Å². The first-order valence-corrected chi connectivity index (χ1v) is 5.03. The maximum absolute atomic E-state index is 12.8. The number of fused-ring (bicyclic) bond motifs is 1. The Hall–Kier alpha value is -1.31. The monoisotopic (exact) mass is 294 g/mol. The van der Waals surface area contributed by atoms with Crippen molar-refractivity contribution in [2.24, 2.45) is 0 Å². The van der Waals surface area contributed by atoms with Gasteiger partial charge in [-0.2, -0.15) is 18.2 Å². The molecule has 0 aromatic carbocycles. The van der Waals surface area contributed by atoms with Crippen LogP contribution in [0, 0.1) is 0 Å². The number of nitrogens with one attached hydrogen (secondary N) is 1. The van der Waals surface area contributed by atoms with Gasteiger partial charge >= 0.3 is 6.18 Å². The highest BCUT2D eigenvalue weighted by molar-refractivity contribution is 9.10. The Morgan fingerprint density at radius 2 is 2.06 bits per heavy atom. The van der Waals surface area contributed by atoms with Gasteiger partial charge in [-0.15, -0.1) is 5.10 Å². The fourth-order valence-corrected chi connectivity index (χ4v) is 1.81. The lowest BCUT2D eigenvalue weighted by atomic mass is 10.3. The number of halogens is 4. The first-order valence-electron chi connectivity index (χ1n) is 4.23. The molecule has 0 spiro atoms. The highest BCUT2D eigenvalue weighted by atomic mass is 79.9. The molecule has 0 radical (unpaired) electrons. The number of alkyl halides is 3. The number of anilines is 1. The SMILES string of the molecule is CNc1nc2ccc(Br)c(C(F)(F)F)n2n1. The quantitative estimate of drug-likeness (QED) is 0.879. The molecule has 2 rings (SSSR count). The molecule has 2 heterocycles. The lowest BCUT2D eigenvalue weighted by Crippen LogP contribution is -2.13. The van der Waals surface area contributed by atoms with Crippen molar-refractivity contribution in [3.8, 4) is 0 Å². The van der Waals surface area contributed by atoms with Crippen molar-refractivity contribution in [1.29, 1.82) is 0 Å². The van der Waals surface area contributed by atoms with Gasteiger partial charge in [0.2, 0.25) is 5.95 Å². The van der Waals surface area contributed by atoms with Gasteiger partial charge in [0.15, 0.2) is 11.3 Å². The van der Waals surface area contributed by atoms with E-state index in [0.29, 0.717) is 0 Å². The molecule has 0 fully saturated rings. The van der Waals surface area contributed by atoms with Gasteiger partial charge in [-0.05, 0) is 28.1 Å². The van der Waals surface area contributed by atoms with E-state index in [2.05, 4.69) is 31.3 Å². The summed E-state index contributed by atoms with van der Waals surface area (Å²) in [7, 11) is 1.54. The molecule has 0 atom stereocenters. The Bertz CT molecular complexity index is 534. The summed E-state index contributed by atoms with van der Waals surface area (Å²) < 4.78 is 38.9. The van der Waals surface area contributed by atoms with E-state index < -0.39 is 11.9 Å². The molecule has 0 saturated carbocycles. The Kier molecular flexibility index (Phi) is 2.53. The topological polar surface area (TPSA) is 42.2 Å². The second-order valence-corrected chi connectivity index (χ2v) is 3.84. The van der Waals surface area contributed by atoms with Gasteiger partial charge in [0.1, 0.15) is 0 Å². The van der Waals surface area contributed by atoms with Gasteiger partial charge < -0.3 is 5.32 Å². The number of pyridine rings is 1. The minimum Gasteiger partial charge on any atom is -0.356 e. The second-order valence-electron chi connectivity index (χ2n) is 2.98. The molecule has 0 saturated heterocycles. The summed E-state index contributed by atoms with van der Waals surface area (Å²) in [5.74, 6) is 0.142. The minimum atomic E-state index is -4.49. The molecule has 0 aliphatic carbocycles.